The Kier molecular flexibility index (Phi) is 4.44. The standard InChI is InChI=1S/C16H24N2O2S/c1-5-10-21(19,20)17-11-16(3,4)15-12(2)18-14-9-7-6-8-13(14)15/h6-9,17-18H,5,10-11H2,1-4H3. The van der Waals surface area contributed by atoms with Gasteiger partial charge in [0.2, 0.25) is 10.0 Å². The lowest BCUT2D eigenvalue weighted by atomic mass is 9.83. The van der Waals surface area contributed by atoms with E-state index in [0.29, 0.717) is 13.0 Å². The molecule has 2 aromatic rings. The monoisotopic (exact) mass is 308 g/mol. The van der Waals surface area contributed by atoms with Gasteiger partial charge in [-0.2, -0.15) is 0 Å². The van der Waals surface area contributed by atoms with Gasteiger partial charge in [-0.3, -0.25) is 0 Å². The van der Waals surface area contributed by atoms with E-state index in [1.54, 1.807) is 0 Å². The number of para-hydroxylation sites is 1. The van der Waals surface area contributed by atoms with E-state index in [4.69, 9.17) is 0 Å². The number of hydrogen-bond donors (Lipinski definition) is 2. The summed E-state index contributed by atoms with van der Waals surface area (Å²) in [6, 6.07) is 8.13. The Morgan fingerprint density at radius 2 is 1.90 bits per heavy atom. The Morgan fingerprint density at radius 3 is 2.57 bits per heavy atom. The fourth-order valence-corrected chi connectivity index (χ4v) is 4.13. The molecular weight excluding hydrogens is 284 g/mol. The molecule has 0 radical (unpaired) electrons. The van der Waals surface area contributed by atoms with E-state index >= 15 is 0 Å². The van der Waals surface area contributed by atoms with Gasteiger partial charge in [-0.25, -0.2) is 13.1 Å². The fourth-order valence-electron chi connectivity index (χ4n) is 2.87. The summed E-state index contributed by atoms with van der Waals surface area (Å²) in [6.45, 7) is 8.46. The molecule has 0 saturated heterocycles. The second-order valence-corrected chi connectivity index (χ2v) is 8.12. The van der Waals surface area contributed by atoms with Crippen LogP contribution in [-0.4, -0.2) is 25.7 Å². The maximum atomic E-state index is 11.9. The van der Waals surface area contributed by atoms with Crippen molar-refractivity contribution in [2.24, 2.45) is 0 Å². The number of aromatic nitrogens is 1. The molecule has 1 aromatic carbocycles. The van der Waals surface area contributed by atoms with Crippen LogP contribution in [0.2, 0.25) is 0 Å². The zero-order chi connectivity index (χ0) is 15.7. The molecule has 2 N–H and O–H groups in total. The van der Waals surface area contributed by atoms with Crippen LogP contribution in [0.3, 0.4) is 0 Å². The van der Waals surface area contributed by atoms with Gasteiger partial charge < -0.3 is 4.98 Å². The number of aromatic amines is 1. The molecule has 0 spiro atoms. The van der Waals surface area contributed by atoms with E-state index in [1.807, 2.05) is 32.0 Å². The highest BCUT2D eigenvalue weighted by Gasteiger charge is 2.27. The quantitative estimate of drug-likeness (QED) is 0.861. The summed E-state index contributed by atoms with van der Waals surface area (Å²) in [7, 11) is -3.18. The third-order valence-electron chi connectivity index (χ3n) is 3.78. The summed E-state index contributed by atoms with van der Waals surface area (Å²) in [5, 5.41) is 1.16. The van der Waals surface area contributed by atoms with Crippen LogP contribution in [0.5, 0.6) is 0 Å². The van der Waals surface area contributed by atoms with Crippen LogP contribution in [0, 0.1) is 6.92 Å². The lowest BCUT2D eigenvalue weighted by Crippen LogP contribution is -2.38. The summed E-state index contributed by atoms with van der Waals surface area (Å²) in [4.78, 5) is 3.38. The van der Waals surface area contributed by atoms with Gasteiger partial charge in [0.1, 0.15) is 0 Å². The second-order valence-electron chi connectivity index (χ2n) is 6.19. The third-order valence-corrected chi connectivity index (χ3v) is 5.31. The van der Waals surface area contributed by atoms with Crippen LogP contribution in [0.25, 0.3) is 10.9 Å². The first-order valence-electron chi connectivity index (χ1n) is 7.32. The maximum Gasteiger partial charge on any atom is 0.211 e. The molecule has 0 amide bonds. The summed E-state index contributed by atoms with van der Waals surface area (Å²) < 4.78 is 26.5. The highest BCUT2D eigenvalue weighted by atomic mass is 32.2. The fraction of sp³-hybridized carbons (Fsp3) is 0.500. The van der Waals surface area contributed by atoms with E-state index < -0.39 is 10.0 Å². The minimum absolute atomic E-state index is 0.177. The zero-order valence-electron chi connectivity index (χ0n) is 13.2. The van der Waals surface area contributed by atoms with E-state index in [1.165, 1.54) is 5.56 Å². The molecule has 4 nitrogen and oxygen atoms in total. The highest BCUT2D eigenvalue weighted by molar-refractivity contribution is 7.89. The van der Waals surface area contributed by atoms with Crippen molar-refractivity contribution in [2.75, 3.05) is 12.3 Å². The van der Waals surface area contributed by atoms with Gasteiger partial charge in [0.05, 0.1) is 5.75 Å². The van der Waals surface area contributed by atoms with E-state index in [-0.39, 0.29) is 11.2 Å². The van der Waals surface area contributed by atoms with E-state index in [2.05, 4.69) is 29.6 Å². The Balaban J connectivity index is 2.32. The molecule has 5 heteroatoms. The minimum Gasteiger partial charge on any atom is -0.358 e. The number of rotatable bonds is 6. The molecule has 1 aromatic heterocycles. The molecule has 0 aliphatic carbocycles. The Hall–Kier alpha value is -1.33. The SMILES string of the molecule is CCCS(=O)(=O)NCC(C)(C)c1c(C)[nH]c2ccccc12. The van der Waals surface area contributed by atoms with Crippen molar-refractivity contribution in [1.82, 2.24) is 9.71 Å². The molecule has 0 atom stereocenters. The number of H-pyrrole nitrogens is 1. The first-order chi connectivity index (χ1) is 9.77. The van der Waals surface area contributed by atoms with Gasteiger partial charge in [-0.05, 0) is 25.0 Å². The lowest BCUT2D eigenvalue weighted by molar-refractivity contribution is 0.502. The molecule has 2 rings (SSSR count). The summed E-state index contributed by atoms with van der Waals surface area (Å²) in [5.74, 6) is 0.177. The smallest absolute Gasteiger partial charge is 0.211 e. The average molecular weight is 308 g/mol. The number of hydrogen-bond acceptors (Lipinski definition) is 2. The van der Waals surface area contributed by atoms with Crippen LogP contribution >= 0.6 is 0 Å². The molecule has 0 fully saturated rings. The molecule has 0 saturated carbocycles. The van der Waals surface area contributed by atoms with Crippen LogP contribution in [0.1, 0.15) is 38.4 Å². The predicted molar refractivity (Wildman–Crippen MR) is 88.1 cm³/mol. The summed E-state index contributed by atoms with van der Waals surface area (Å²) in [5.41, 5.74) is 3.09. The molecule has 0 aliphatic rings. The van der Waals surface area contributed by atoms with Crippen molar-refractivity contribution in [3.8, 4) is 0 Å². The molecule has 0 unspecified atom stereocenters. The van der Waals surface area contributed by atoms with Gasteiger partial charge in [0, 0.05) is 28.6 Å². The average Bonchev–Trinajstić information content (AvgIpc) is 2.73. The van der Waals surface area contributed by atoms with Gasteiger partial charge in [0.15, 0.2) is 0 Å². The van der Waals surface area contributed by atoms with Crippen LogP contribution < -0.4 is 4.72 Å². The number of aryl methyl sites for hydroxylation is 1. The van der Waals surface area contributed by atoms with Crippen molar-refractivity contribution in [2.45, 2.75) is 39.5 Å². The van der Waals surface area contributed by atoms with Crippen molar-refractivity contribution >= 4 is 20.9 Å². The molecule has 21 heavy (non-hydrogen) atoms. The molecule has 1 heterocycles. The lowest BCUT2D eigenvalue weighted by Gasteiger charge is -2.26. The van der Waals surface area contributed by atoms with Gasteiger partial charge in [-0.1, -0.05) is 39.0 Å². The van der Waals surface area contributed by atoms with Gasteiger partial charge in [-0.15, -0.1) is 0 Å². The first kappa shape index (κ1) is 16.0. The number of sulfonamides is 1. The van der Waals surface area contributed by atoms with Crippen molar-refractivity contribution in [3.05, 3.63) is 35.5 Å². The normalized spacial score (nSPS) is 13.0. The topological polar surface area (TPSA) is 62.0 Å². The molecule has 0 bridgehead atoms. The van der Waals surface area contributed by atoms with Gasteiger partial charge in [0.25, 0.3) is 0 Å². The first-order valence-corrected chi connectivity index (χ1v) is 8.97. The highest BCUT2D eigenvalue weighted by Crippen LogP contribution is 2.33. The largest absolute Gasteiger partial charge is 0.358 e. The molecular formula is C16H24N2O2S. The Labute approximate surface area is 127 Å². The third kappa shape index (κ3) is 3.47. The molecule has 0 aliphatic heterocycles. The van der Waals surface area contributed by atoms with Crippen LogP contribution in [-0.2, 0) is 15.4 Å². The predicted octanol–water partition coefficient (Wildman–Crippen LogP) is 3.08. The summed E-state index contributed by atoms with van der Waals surface area (Å²) in [6.07, 6.45) is 0.627. The van der Waals surface area contributed by atoms with Crippen molar-refractivity contribution in [1.29, 1.82) is 0 Å². The second kappa shape index (κ2) is 5.81. The Morgan fingerprint density at radius 1 is 1.24 bits per heavy atom. The van der Waals surface area contributed by atoms with E-state index in [0.717, 1.165) is 16.6 Å². The van der Waals surface area contributed by atoms with Crippen molar-refractivity contribution < 1.29 is 8.42 Å². The minimum atomic E-state index is -3.18. The number of nitrogens with one attached hydrogen (secondary N) is 2. The number of benzene rings is 1. The van der Waals surface area contributed by atoms with E-state index in [9.17, 15) is 8.42 Å². The molecule has 116 valence electrons. The van der Waals surface area contributed by atoms with Crippen LogP contribution in [0.4, 0.5) is 0 Å². The van der Waals surface area contributed by atoms with Crippen molar-refractivity contribution in [3.63, 3.8) is 0 Å². The maximum absolute atomic E-state index is 11.9. The van der Waals surface area contributed by atoms with Crippen LogP contribution in [0.15, 0.2) is 24.3 Å². The summed E-state index contributed by atoms with van der Waals surface area (Å²) >= 11 is 0. The van der Waals surface area contributed by atoms with Gasteiger partial charge >= 0.3 is 0 Å². The Bertz CT molecular complexity index is 730. The zero-order valence-corrected chi connectivity index (χ0v) is 14.0. The number of fused-ring (bicyclic) bond motifs is 1.